The summed E-state index contributed by atoms with van der Waals surface area (Å²) in [6, 6.07) is 6.21. The Bertz CT molecular complexity index is 322. The molecule has 4 nitrogen and oxygen atoms in total. The molecule has 0 atom stereocenters. The molecule has 0 aliphatic heterocycles. The summed E-state index contributed by atoms with van der Waals surface area (Å²) < 4.78 is 0. The molecule has 0 bridgehead atoms. The molecule has 1 aromatic rings. The van der Waals surface area contributed by atoms with E-state index in [4.69, 9.17) is 10.8 Å². The van der Waals surface area contributed by atoms with E-state index in [9.17, 15) is 4.79 Å². The Kier molecular flexibility index (Phi) is 5.36. The largest absolute Gasteiger partial charge is 0.508 e. The number of unbranched alkanes of at least 4 members (excludes halogenated alkanes) is 2. The predicted molar refractivity (Wildman–Crippen MR) is 63.3 cm³/mol. The van der Waals surface area contributed by atoms with Crippen LogP contribution in [0.2, 0.25) is 0 Å². The number of phenols is 1. The third-order valence-electron chi connectivity index (χ3n) is 2.30. The molecule has 1 amide bonds. The van der Waals surface area contributed by atoms with Gasteiger partial charge in [-0.3, -0.25) is 4.79 Å². The number of aromatic hydroxyl groups is 1. The molecule has 16 heavy (non-hydrogen) atoms. The minimum Gasteiger partial charge on any atom is -0.508 e. The number of hydrogen-bond donors (Lipinski definition) is 3. The van der Waals surface area contributed by atoms with Gasteiger partial charge in [0.2, 0.25) is 0 Å². The van der Waals surface area contributed by atoms with Crippen LogP contribution in [0, 0.1) is 0 Å². The van der Waals surface area contributed by atoms with Gasteiger partial charge in [0.1, 0.15) is 5.75 Å². The molecule has 0 radical (unpaired) electrons. The highest BCUT2D eigenvalue weighted by molar-refractivity contribution is 5.94. The second-order valence-electron chi connectivity index (χ2n) is 3.65. The van der Waals surface area contributed by atoms with Crippen molar-refractivity contribution in [2.24, 2.45) is 5.73 Å². The Morgan fingerprint density at radius 1 is 1.19 bits per heavy atom. The predicted octanol–water partition coefficient (Wildman–Crippen LogP) is 1.25. The third-order valence-corrected chi connectivity index (χ3v) is 2.30. The van der Waals surface area contributed by atoms with E-state index in [1.54, 1.807) is 12.1 Å². The molecule has 0 heterocycles. The van der Waals surface area contributed by atoms with Gasteiger partial charge in [-0.2, -0.15) is 0 Å². The van der Waals surface area contributed by atoms with Crippen molar-refractivity contribution in [3.05, 3.63) is 29.8 Å². The van der Waals surface area contributed by atoms with Crippen LogP contribution in [0.1, 0.15) is 29.6 Å². The molecule has 0 spiro atoms. The summed E-state index contributed by atoms with van der Waals surface area (Å²) in [5.41, 5.74) is 5.93. The first-order valence-corrected chi connectivity index (χ1v) is 5.51. The van der Waals surface area contributed by atoms with Crippen LogP contribution in [-0.4, -0.2) is 24.1 Å². The standard InChI is InChI=1S/C12H18N2O2/c13-8-2-1-3-9-14-12(16)10-4-6-11(15)7-5-10/h4-7,15H,1-3,8-9,13H2,(H,14,16). The molecule has 0 unspecified atom stereocenters. The van der Waals surface area contributed by atoms with Gasteiger partial charge in [-0.1, -0.05) is 6.42 Å². The number of carbonyl (C=O) groups is 1. The lowest BCUT2D eigenvalue weighted by Gasteiger charge is -2.04. The normalized spacial score (nSPS) is 10.1. The van der Waals surface area contributed by atoms with Crippen LogP contribution >= 0.6 is 0 Å². The summed E-state index contributed by atoms with van der Waals surface area (Å²) in [5.74, 6) is 0.0623. The van der Waals surface area contributed by atoms with Crippen molar-refractivity contribution in [1.29, 1.82) is 0 Å². The lowest BCUT2D eigenvalue weighted by atomic mass is 10.2. The average molecular weight is 222 g/mol. The summed E-state index contributed by atoms with van der Waals surface area (Å²) >= 11 is 0. The molecule has 0 fully saturated rings. The van der Waals surface area contributed by atoms with Gasteiger partial charge in [0.15, 0.2) is 0 Å². The summed E-state index contributed by atoms with van der Waals surface area (Å²) in [4.78, 5) is 11.6. The number of benzene rings is 1. The monoisotopic (exact) mass is 222 g/mol. The Morgan fingerprint density at radius 2 is 1.88 bits per heavy atom. The fourth-order valence-electron chi connectivity index (χ4n) is 1.36. The van der Waals surface area contributed by atoms with Crippen LogP contribution in [0.25, 0.3) is 0 Å². The number of amides is 1. The molecular weight excluding hydrogens is 204 g/mol. The first kappa shape index (κ1) is 12.5. The van der Waals surface area contributed by atoms with Crippen molar-refractivity contribution in [2.75, 3.05) is 13.1 Å². The van der Waals surface area contributed by atoms with Crippen LogP contribution in [-0.2, 0) is 0 Å². The number of nitrogens with two attached hydrogens (primary N) is 1. The van der Waals surface area contributed by atoms with Crippen LogP contribution in [0.4, 0.5) is 0 Å². The van der Waals surface area contributed by atoms with Gasteiger partial charge in [0.25, 0.3) is 5.91 Å². The Morgan fingerprint density at radius 3 is 2.50 bits per heavy atom. The van der Waals surface area contributed by atoms with Crippen LogP contribution in [0.15, 0.2) is 24.3 Å². The zero-order valence-electron chi connectivity index (χ0n) is 9.28. The number of rotatable bonds is 6. The van der Waals surface area contributed by atoms with Gasteiger partial charge in [-0.05, 0) is 43.7 Å². The highest BCUT2D eigenvalue weighted by atomic mass is 16.3. The molecule has 1 aromatic carbocycles. The van der Waals surface area contributed by atoms with Crippen molar-refractivity contribution >= 4 is 5.91 Å². The van der Waals surface area contributed by atoms with Crippen LogP contribution in [0.3, 0.4) is 0 Å². The highest BCUT2D eigenvalue weighted by Gasteiger charge is 2.03. The van der Waals surface area contributed by atoms with Gasteiger partial charge in [0.05, 0.1) is 0 Å². The second-order valence-corrected chi connectivity index (χ2v) is 3.65. The molecule has 0 aliphatic carbocycles. The summed E-state index contributed by atoms with van der Waals surface area (Å²) in [6.07, 6.45) is 2.97. The van der Waals surface area contributed by atoms with Gasteiger partial charge >= 0.3 is 0 Å². The Hall–Kier alpha value is -1.55. The number of phenolic OH excluding ortho intramolecular Hbond substituents is 1. The molecule has 4 heteroatoms. The van der Waals surface area contributed by atoms with E-state index in [-0.39, 0.29) is 11.7 Å². The fourth-order valence-corrected chi connectivity index (χ4v) is 1.36. The summed E-state index contributed by atoms with van der Waals surface area (Å²) in [6.45, 7) is 1.37. The highest BCUT2D eigenvalue weighted by Crippen LogP contribution is 2.09. The van der Waals surface area contributed by atoms with Gasteiger partial charge in [-0.25, -0.2) is 0 Å². The maximum absolute atomic E-state index is 11.6. The van der Waals surface area contributed by atoms with E-state index in [0.717, 1.165) is 19.3 Å². The van der Waals surface area contributed by atoms with E-state index < -0.39 is 0 Å². The number of hydrogen-bond acceptors (Lipinski definition) is 3. The van der Waals surface area contributed by atoms with Crippen molar-refractivity contribution in [2.45, 2.75) is 19.3 Å². The SMILES string of the molecule is NCCCCCNC(=O)c1ccc(O)cc1. The van der Waals surface area contributed by atoms with E-state index in [1.807, 2.05) is 0 Å². The Balaban J connectivity index is 2.27. The van der Waals surface area contributed by atoms with Crippen molar-refractivity contribution in [3.8, 4) is 5.75 Å². The fraction of sp³-hybridized carbons (Fsp3) is 0.417. The maximum Gasteiger partial charge on any atom is 0.251 e. The van der Waals surface area contributed by atoms with Gasteiger partial charge in [0, 0.05) is 12.1 Å². The van der Waals surface area contributed by atoms with Crippen LogP contribution < -0.4 is 11.1 Å². The molecule has 4 N–H and O–H groups in total. The van der Waals surface area contributed by atoms with Crippen molar-refractivity contribution < 1.29 is 9.90 Å². The lowest BCUT2D eigenvalue weighted by Crippen LogP contribution is -2.24. The molecule has 0 aliphatic rings. The topological polar surface area (TPSA) is 75.3 Å². The Labute approximate surface area is 95.5 Å². The zero-order valence-corrected chi connectivity index (χ0v) is 9.28. The summed E-state index contributed by atoms with van der Waals surface area (Å²) in [5, 5.41) is 11.9. The van der Waals surface area contributed by atoms with Gasteiger partial charge < -0.3 is 16.2 Å². The minimum absolute atomic E-state index is 0.104. The zero-order chi connectivity index (χ0) is 11.8. The second kappa shape index (κ2) is 6.85. The molecule has 88 valence electrons. The first-order valence-electron chi connectivity index (χ1n) is 5.51. The third kappa shape index (κ3) is 4.31. The average Bonchev–Trinajstić information content (AvgIpc) is 2.29. The molecular formula is C12H18N2O2. The molecule has 0 saturated carbocycles. The molecule has 0 aromatic heterocycles. The minimum atomic E-state index is -0.104. The van der Waals surface area contributed by atoms with Crippen molar-refractivity contribution in [1.82, 2.24) is 5.32 Å². The number of nitrogens with one attached hydrogen (secondary N) is 1. The molecule has 1 rings (SSSR count). The van der Waals surface area contributed by atoms with E-state index in [2.05, 4.69) is 5.32 Å². The first-order chi connectivity index (χ1) is 7.74. The summed E-state index contributed by atoms with van der Waals surface area (Å²) in [7, 11) is 0. The van der Waals surface area contributed by atoms with Crippen molar-refractivity contribution in [3.63, 3.8) is 0 Å². The van der Waals surface area contributed by atoms with Gasteiger partial charge in [-0.15, -0.1) is 0 Å². The maximum atomic E-state index is 11.6. The van der Waals surface area contributed by atoms with Crippen LogP contribution in [0.5, 0.6) is 5.75 Å². The number of carbonyl (C=O) groups excluding carboxylic acids is 1. The van der Waals surface area contributed by atoms with E-state index >= 15 is 0 Å². The molecule has 0 saturated heterocycles. The van der Waals surface area contributed by atoms with E-state index in [0.29, 0.717) is 18.7 Å². The lowest BCUT2D eigenvalue weighted by molar-refractivity contribution is 0.0953. The van der Waals surface area contributed by atoms with E-state index in [1.165, 1.54) is 12.1 Å². The quantitative estimate of drug-likeness (QED) is 0.634. The smallest absolute Gasteiger partial charge is 0.251 e.